The Balaban J connectivity index is 0.00000208. The van der Waals surface area contributed by atoms with E-state index in [9.17, 15) is 13.6 Å². The van der Waals surface area contributed by atoms with Crippen LogP contribution in [0.25, 0.3) is 10.9 Å². The van der Waals surface area contributed by atoms with Crippen LogP contribution in [0.15, 0.2) is 6.07 Å². The van der Waals surface area contributed by atoms with E-state index in [-0.39, 0.29) is 30.9 Å². The van der Waals surface area contributed by atoms with Gasteiger partial charge in [-0.05, 0) is 31.9 Å². The van der Waals surface area contributed by atoms with Crippen molar-refractivity contribution in [3.8, 4) is 0 Å². The number of H-pyrrole nitrogens is 1. The van der Waals surface area contributed by atoms with Gasteiger partial charge >= 0.3 is 0 Å². The predicted molar refractivity (Wildman–Crippen MR) is 93.2 cm³/mol. The number of aromatic amines is 1. The summed E-state index contributed by atoms with van der Waals surface area (Å²) in [5, 5.41) is 0.612. The number of nitrogens with two attached hydrogens (primary N) is 2. The van der Waals surface area contributed by atoms with Crippen LogP contribution in [0.2, 0.25) is 0 Å². The summed E-state index contributed by atoms with van der Waals surface area (Å²) in [6.45, 7) is 4.30. The molecule has 8 heteroatoms. The van der Waals surface area contributed by atoms with Crippen molar-refractivity contribution in [1.29, 1.82) is 0 Å². The largest absolute Gasteiger partial charge is 0.367 e. The van der Waals surface area contributed by atoms with E-state index in [1.165, 1.54) is 0 Å². The number of carbonyl (C=O) groups is 1. The number of hydrogen-bond donors (Lipinski definition) is 3. The lowest BCUT2D eigenvalue weighted by Crippen LogP contribution is -2.50. The molecule has 1 aromatic heterocycles. The molecule has 1 aliphatic rings. The molecule has 1 saturated heterocycles. The average molecular weight is 359 g/mol. The minimum absolute atomic E-state index is 0. The van der Waals surface area contributed by atoms with Crippen molar-refractivity contribution < 1.29 is 13.6 Å². The molecule has 1 aliphatic heterocycles. The van der Waals surface area contributed by atoms with Gasteiger partial charge in [-0.15, -0.1) is 12.4 Å². The molecule has 2 aromatic rings. The zero-order valence-corrected chi connectivity index (χ0v) is 14.3. The molecule has 3 rings (SSSR count). The van der Waals surface area contributed by atoms with Gasteiger partial charge in [-0.25, -0.2) is 8.78 Å². The van der Waals surface area contributed by atoms with Crippen molar-refractivity contribution in [2.24, 2.45) is 11.5 Å². The van der Waals surface area contributed by atoms with Crippen LogP contribution in [0, 0.1) is 19.7 Å². The van der Waals surface area contributed by atoms with E-state index < -0.39 is 23.9 Å². The number of benzene rings is 1. The number of hydrogen-bond acceptors (Lipinski definition) is 3. The first-order valence-corrected chi connectivity index (χ1v) is 7.57. The van der Waals surface area contributed by atoms with Crippen molar-refractivity contribution in [2.45, 2.75) is 32.5 Å². The topological polar surface area (TPSA) is 88.1 Å². The molecule has 0 bridgehead atoms. The van der Waals surface area contributed by atoms with Crippen molar-refractivity contribution in [3.05, 3.63) is 28.7 Å². The molecule has 0 aliphatic carbocycles. The standard InChI is InChI=1S/C16H20F2N4O.ClH/c1-7-8(2)21-14-9(16(20)23)5-11(18)15(13(7)14)22-4-3-10(17)12(19)6-22;/h5,10,12,21H,3-4,6,19H2,1-2H3,(H2,20,23);1H. The average Bonchev–Trinajstić information content (AvgIpc) is 2.77. The molecule has 1 aromatic carbocycles. The van der Waals surface area contributed by atoms with Crippen molar-refractivity contribution >= 4 is 34.9 Å². The van der Waals surface area contributed by atoms with Gasteiger partial charge in [0.25, 0.3) is 5.91 Å². The molecule has 1 amide bonds. The second-order valence-electron chi connectivity index (χ2n) is 6.16. The Morgan fingerprint density at radius 3 is 2.67 bits per heavy atom. The minimum Gasteiger partial charge on any atom is -0.367 e. The van der Waals surface area contributed by atoms with Crippen molar-refractivity contribution in [2.75, 3.05) is 18.0 Å². The maximum absolute atomic E-state index is 14.7. The molecule has 5 nitrogen and oxygen atoms in total. The SMILES string of the molecule is Cc1[nH]c2c(C(N)=O)cc(F)c(N3CCC(F)C(N)C3)c2c1C.Cl. The van der Waals surface area contributed by atoms with E-state index in [4.69, 9.17) is 11.5 Å². The monoisotopic (exact) mass is 358 g/mol. The summed E-state index contributed by atoms with van der Waals surface area (Å²) < 4.78 is 28.4. The molecule has 1 fully saturated rings. The van der Waals surface area contributed by atoms with Gasteiger partial charge in [-0.3, -0.25) is 4.79 Å². The number of nitrogens with zero attached hydrogens (tertiary/aromatic N) is 1. The summed E-state index contributed by atoms with van der Waals surface area (Å²) in [5.74, 6) is -1.24. The number of carbonyl (C=O) groups excluding carboxylic acids is 1. The number of piperidine rings is 1. The number of rotatable bonds is 2. The summed E-state index contributed by atoms with van der Waals surface area (Å²) in [6.07, 6.45) is -0.828. The van der Waals surface area contributed by atoms with Crippen LogP contribution in [0.1, 0.15) is 28.0 Å². The van der Waals surface area contributed by atoms with E-state index >= 15 is 0 Å². The van der Waals surface area contributed by atoms with Gasteiger partial charge in [-0.2, -0.15) is 0 Å². The minimum atomic E-state index is -1.08. The van der Waals surface area contributed by atoms with Crippen LogP contribution in [0.5, 0.6) is 0 Å². The molecule has 24 heavy (non-hydrogen) atoms. The molecule has 2 unspecified atom stereocenters. The lowest BCUT2D eigenvalue weighted by molar-refractivity contribution is 0.100. The first kappa shape index (κ1) is 18.5. The summed E-state index contributed by atoms with van der Waals surface area (Å²) in [5.41, 5.74) is 13.8. The van der Waals surface area contributed by atoms with Gasteiger partial charge < -0.3 is 21.4 Å². The highest BCUT2D eigenvalue weighted by atomic mass is 35.5. The van der Waals surface area contributed by atoms with E-state index in [1.54, 1.807) is 4.90 Å². The first-order chi connectivity index (χ1) is 10.8. The molecule has 5 N–H and O–H groups in total. The highest BCUT2D eigenvalue weighted by Crippen LogP contribution is 2.37. The lowest BCUT2D eigenvalue weighted by Gasteiger charge is -2.35. The fraction of sp³-hybridized carbons (Fsp3) is 0.438. The normalized spacial score (nSPS) is 21.0. The number of aryl methyl sites for hydroxylation is 2. The quantitative estimate of drug-likeness (QED) is 0.769. The Morgan fingerprint density at radius 2 is 2.08 bits per heavy atom. The van der Waals surface area contributed by atoms with Crippen LogP contribution < -0.4 is 16.4 Å². The molecular weight excluding hydrogens is 338 g/mol. The molecule has 0 saturated carbocycles. The number of anilines is 1. The maximum atomic E-state index is 14.7. The van der Waals surface area contributed by atoms with Gasteiger partial charge in [0.15, 0.2) is 0 Å². The third-order valence-electron chi connectivity index (χ3n) is 4.66. The summed E-state index contributed by atoms with van der Waals surface area (Å²) in [6, 6.07) is 0.483. The number of aromatic nitrogens is 1. The van der Waals surface area contributed by atoms with E-state index in [0.29, 0.717) is 23.1 Å². The highest BCUT2D eigenvalue weighted by molar-refractivity contribution is 6.10. The summed E-state index contributed by atoms with van der Waals surface area (Å²) in [7, 11) is 0. The van der Waals surface area contributed by atoms with Crippen LogP contribution in [-0.4, -0.2) is 36.2 Å². The lowest BCUT2D eigenvalue weighted by atomic mass is 10.00. The fourth-order valence-corrected chi connectivity index (χ4v) is 3.26. The number of nitrogens with one attached hydrogen (secondary N) is 1. The number of fused-ring (bicyclic) bond motifs is 1. The zero-order valence-electron chi connectivity index (χ0n) is 13.5. The third kappa shape index (κ3) is 2.82. The van der Waals surface area contributed by atoms with Crippen LogP contribution in [0.3, 0.4) is 0 Å². The van der Waals surface area contributed by atoms with Gasteiger partial charge in [0.2, 0.25) is 0 Å². The fourth-order valence-electron chi connectivity index (χ4n) is 3.26. The Kier molecular flexibility index (Phi) is 5.05. The van der Waals surface area contributed by atoms with Crippen molar-refractivity contribution in [3.63, 3.8) is 0 Å². The number of primary amides is 1. The van der Waals surface area contributed by atoms with E-state index in [2.05, 4.69) is 4.98 Å². The molecule has 0 spiro atoms. The summed E-state index contributed by atoms with van der Waals surface area (Å²) >= 11 is 0. The molecular formula is C16H21ClF2N4O. The Hall–Kier alpha value is -1.86. The molecule has 2 heterocycles. The third-order valence-corrected chi connectivity index (χ3v) is 4.66. The smallest absolute Gasteiger partial charge is 0.250 e. The van der Waals surface area contributed by atoms with Gasteiger partial charge in [0, 0.05) is 24.2 Å². The van der Waals surface area contributed by atoms with Gasteiger partial charge in [-0.1, -0.05) is 0 Å². The second-order valence-corrected chi connectivity index (χ2v) is 6.16. The Labute approximate surface area is 144 Å². The second kappa shape index (κ2) is 6.57. The molecule has 2 atom stereocenters. The number of amides is 1. The predicted octanol–water partition coefficient (Wildman–Crippen LogP) is 2.32. The van der Waals surface area contributed by atoms with E-state index in [0.717, 1.165) is 17.3 Å². The van der Waals surface area contributed by atoms with Crippen LogP contribution >= 0.6 is 12.4 Å². The van der Waals surface area contributed by atoms with E-state index in [1.807, 2.05) is 13.8 Å². The van der Waals surface area contributed by atoms with Gasteiger partial charge in [0.1, 0.15) is 12.0 Å². The van der Waals surface area contributed by atoms with Crippen LogP contribution in [0.4, 0.5) is 14.5 Å². The van der Waals surface area contributed by atoms with Crippen molar-refractivity contribution in [1.82, 2.24) is 4.98 Å². The first-order valence-electron chi connectivity index (χ1n) is 7.57. The van der Waals surface area contributed by atoms with Gasteiger partial charge in [0.05, 0.1) is 22.8 Å². The highest BCUT2D eigenvalue weighted by Gasteiger charge is 2.30. The maximum Gasteiger partial charge on any atom is 0.250 e. The number of halogens is 3. The Morgan fingerprint density at radius 1 is 1.42 bits per heavy atom. The molecule has 0 radical (unpaired) electrons. The number of alkyl halides is 1. The summed E-state index contributed by atoms with van der Waals surface area (Å²) in [4.78, 5) is 16.5. The zero-order chi connectivity index (χ0) is 16.9. The van der Waals surface area contributed by atoms with Crippen LogP contribution in [-0.2, 0) is 0 Å². The Bertz CT molecular complexity index is 792. The molecule has 132 valence electrons.